The summed E-state index contributed by atoms with van der Waals surface area (Å²) in [6.45, 7) is -0.00340. The zero-order chi connectivity index (χ0) is 13.7. The van der Waals surface area contributed by atoms with Gasteiger partial charge in [-0.2, -0.15) is 0 Å². The molecule has 5 N–H and O–H groups in total. The van der Waals surface area contributed by atoms with Gasteiger partial charge >= 0.3 is 0 Å². The molecule has 0 aliphatic carbocycles. The predicted octanol–water partition coefficient (Wildman–Crippen LogP) is 0.407. The highest BCUT2D eigenvalue weighted by atomic mass is 79.9. The summed E-state index contributed by atoms with van der Waals surface area (Å²) in [7, 11) is 0. The molecule has 1 aromatic rings. The van der Waals surface area contributed by atoms with Crippen molar-refractivity contribution in [2.45, 2.75) is 19.0 Å². The highest BCUT2D eigenvalue weighted by Crippen LogP contribution is 2.15. The molecule has 0 aliphatic rings. The number of hydrogen-bond acceptors (Lipinski definition) is 3. The highest BCUT2D eigenvalue weighted by molar-refractivity contribution is 9.10. The Morgan fingerprint density at radius 3 is 2.72 bits per heavy atom. The number of rotatable bonds is 5. The normalized spacial score (nSPS) is 11.9. The molecular formula is C11H13BrFN3O2. The van der Waals surface area contributed by atoms with Crippen LogP contribution < -0.4 is 16.8 Å². The van der Waals surface area contributed by atoms with E-state index in [-0.39, 0.29) is 13.0 Å². The van der Waals surface area contributed by atoms with Gasteiger partial charge < -0.3 is 16.8 Å². The van der Waals surface area contributed by atoms with Crippen LogP contribution in [0.4, 0.5) is 4.39 Å². The van der Waals surface area contributed by atoms with Gasteiger partial charge in [0.25, 0.3) is 0 Å². The second-order valence-electron chi connectivity index (χ2n) is 3.73. The van der Waals surface area contributed by atoms with Gasteiger partial charge in [0.05, 0.1) is 12.5 Å². The molecule has 0 bridgehead atoms. The smallest absolute Gasteiger partial charge is 0.237 e. The van der Waals surface area contributed by atoms with Crippen molar-refractivity contribution in [3.05, 3.63) is 34.1 Å². The van der Waals surface area contributed by atoms with Gasteiger partial charge in [-0.25, -0.2) is 4.39 Å². The first-order valence-electron chi connectivity index (χ1n) is 5.15. The average molecular weight is 318 g/mol. The monoisotopic (exact) mass is 317 g/mol. The van der Waals surface area contributed by atoms with Crippen molar-refractivity contribution in [1.82, 2.24) is 5.32 Å². The van der Waals surface area contributed by atoms with E-state index in [1.165, 1.54) is 6.07 Å². The van der Waals surface area contributed by atoms with E-state index in [9.17, 15) is 14.0 Å². The third kappa shape index (κ3) is 4.42. The van der Waals surface area contributed by atoms with Crippen LogP contribution >= 0.6 is 15.9 Å². The van der Waals surface area contributed by atoms with E-state index in [0.29, 0.717) is 10.0 Å². The van der Waals surface area contributed by atoms with Crippen LogP contribution in [0.3, 0.4) is 0 Å². The van der Waals surface area contributed by atoms with Gasteiger partial charge in [-0.1, -0.05) is 15.9 Å². The Hall–Kier alpha value is -1.47. The zero-order valence-corrected chi connectivity index (χ0v) is 11.0. The Labute approximate surface area is 112 Å². The van der Waals surface area contributed by atoms with Gasteiger partial charge in [-0.05, 0) is 18.2 Å². The van der Waals surface area contributed by atoms with Crippen molar-refractivity contribution in [3.8, 4) is 0 Å². The van der Waals surface area contributed by atoms with Gasteiger partial charge in [0.2, 0.25) is 11.8 Å². The van der Waals surface area contributed by atoms with E-state index in [4.69, 9.17) is 11.5 Å². The molecule has 0 aliphatic heterocycles. The average Bonchev–Trinajstić information content (AvgIpc) is 2.29. The summed E-state index contributed by atoms with van der Waals surface area (Å²) in [4.78, 5) is 22.1. The molecular weight excluding hydrogens is 305 g/mol. The minimum atomic E-state index is -1.02. The maximum Gasteiger partial charge on any atom is 0.237 e. The fourth-order valence-corrected chi connectivity index (χ4v) is 1.71. The van der Waals surface area contributed by atoms with Gasteiger partial charge in [0.15, 0.2) is 0 Å². The number of primary amides is 1. The fraction of sp³-hybridized carbons (Fsp3) is 0.273. The third-order valence-corrected chi connectivity index (χ3v) is 2.71. The van der Waals surface area contributed by atoms with Crippen LogP contribution in [0.1, 0.15) is 12.0 Å². The quantitative estimate of drug-likeness (QED) is 0.733. The van der Waals surface area contributed by atoms with Crippen LogP contribution in [-0.2, 0) is 16.1 Å². The molecule has 1 rings (SSSR count). The molecule has 2 amide bonds. The number of nitrogens with one attached hydrogen (secondary N) is 1. The van der Waals surface area contributed by atoms with Crippen molar-refractivity contribution in [2.75, 3.05) is 0 Å². The summed E-state index contributed by atoms with van der Waals surface area (Å²) in [5, 5.41) is 2.44. The molecule has 7 heteroatoms. The van der Waals surface area contributed by atoms with Gasteiger partial charge in [0.1, 0.15) is 5.82 Å². The molecule has 1 aromatic carbocycles. The Bertz CT molecular complexity index is 468. The Morgan fingerprint density at radius 2 is 2.11 bits per heavy atom. The lowest BCUT2D eigenvalue weighted by Crippen LogP contribution is -2.42. The molecule has 5 nitrogen and oxygen atoms in total. The van der Waals surface area contributed by atoms with E-state index < -0.39 is 23.7 Å². The van der Waals surface area contributed by atoms with Crippen LogP contribution in [-0.4, -0.2) is 17.9 Å². The first-order valence-corrected chi connectivity index (χ1v) is 5.95. The van der Waals surface area contributed by atoms with Crippen molar-refractivity contribution < 1.29 is 14.0 Å². The molecule has 0 saturated heterocycles. The Balaban J connectivity index is 2.57. The van der Waals surface area contributed by atoms with E-state index in [1.807, 2.05) is 0 Å². The van der Waals surface area contributed by atoms with E-state index in [0.717, 1.165) is 0 Å². The lowest BCUT2D eigenvalue weighted by Gasteiger charge is -2.11. The van der Waals surface area contributed by atoms with Crippen molar-refractivity contribution >= 4 is 27.7 Å². The van der Waals surface area contributed by atoms with Crippen LogP contribution in [0.2, 0.25) is 0 Å². The summed E-state index contributed by atoms with van der Waals surface area (Å²) in [6.07, 6.45) is -0.243. The summed E-state index contributed by atoms with van der Waals surface area (Å²) < 4.78 is 14.1. The largest absolute Gasteiger partial charge is 0.370 e. The molecule has 0 radical (unpaired) electrons. The molecule has 98 valence electrons. The SMILES string of the molecule is NC(=O)CC(N)C(=O)NCc1cc(Br)ccc1F. The number of benzene rings is 1. The second kappa shape index (κ2) is 6.46. The minimum Gasteiger partial charge on any atom is -0.370 e. The number of carbonyl (C=O) groups is 2. The Kier molecular flexibility index (Phi) is 5.24. The van der Waals surface area contributed by atoms with E-state index in [1.54, 1.807) is 12.1 Å². The summed E-state index contributed by atoms with van der Waals surface area (Å²) in [6, 6.07) is 3.38. The molecule has 0 heterocycles. The first kappa shape index (κ1) is 14.6. The topological polar surface area (TPSA) is 98.2 Å². The third-order valence-electron chi connectivity index (χ3n) is 2.22. The number of halogens is 2. The molecule has 0 saturated carbocycles. The second-order valence-corrected chi connectivity index (χ2v) is 4.65. The van der Waals surface area contributed by atoms with Gasteiger partial charge in [0, 0.05) is 16.6 Å². The number of carbonyl (C=O) groups excluding carboxylic acids is 2. The molecule has 0 fully saturated rings. The number of nitrogens with two attached hydrogens (primary N) is 2. The predicted molar refractivity (Wildman–Crippen MR) is 67.7 cm³/mol. The van der Waals surface area contributed by atoms with Crippen molar-refractivity contribution in [1.29, 1.82) is 0 Å². The van der Waals surface area contributed by atoms with Crippen molar-refractivity contribution in [3.63, 3.8) is 0 Å². The van der Waals surface area contributed by atoms with E-state index in [2.05, 4.69) is 21.2 Å². The molecule has 0 aromatic heterocycles. The minimum absolute atomic E-state index is 0.00340. The number of amides is 2. The van der Waals surface area contributed by atoms with E-state index >= 15 is 0 Å². The lowest BCUT2D eigenvalue weighted by molar-refractivity contribution is -0.126. The van der Waals surface area contributed by atoms with Crippen LogP contribution in [0.5, 0.6) is 0 Å². The van der Waals surface area contributed by atoms with Crippen LogP contribution in [0.25, 0.3) is 0 Å². The van der Waals surface area contributed by atoms with Gasteiger partial charge in [-0.15, -0.1) is 0 Å². The summed E-state index contributed by atoms with van der Waals surface area (Å²) in [5.41, 5.74) is 10.7. The zero-order valence-electron chi connectivity index (χ0n) is 9.45. The standard InChI is InChI=1S/C11H13BrFN3O2/c12-7-1-2-8(13)6(3-7)5-16-11(18)9(14)4-10(15)17/h1-3,9H,4-5,14H2,(H2,15,17)(H,16,18). The summed E-state index contributed by atoms with van der Waals surface area (Å²) in [5.74, 6) is -1.64. The molecule has 0 spiro atoms. The Morgan fingerprint density at radius 1 is 1.44 bits per heavy atom. The van der Waals surface area contributed by atoms with Gasteiger partial charge in [-0.3, -0.25) is 9.59 Å². The van der Waals surface area contributed by atoms with Crippen LogP contribution in [0, 0.1) is 5.82 Å². The van der Waals surface area contributed by atoms with Crippen LogP contribution in [0.15, 0.2) is 22.7 Å². The summed E-state index contributed by atoms with van der Waals surface area (Å²) >= 11 is 3.20. The maximum atomic E-state index is 13.4. The molecule has 1 atom stereocenters. The first-order chi connectivity index (χ1) is 8.40. The molecule has 1 unspecified atom stereocenters. The number of hydrogen-bond donors (Lipinski definition) is 3. The van der Waals surface area contributed by atoms with Crippen molar-refractivity contribution in [2.24, 2.45) is 11.5 Å². The fourth-order valence-electron chi connectivity index (χ4n) is 1.30. The molecule has 18 heavy (non-hydrogen) atoms. The lowest BCUT2D eigenvalue weighted by atomic mass is 10.1. The maximum absolute atomic E-state index is 13.4. The highest BCUT2D eigenvalue weighted by Gasteiger charge is 2.16.